The van der Waals surface area contributed by atoms with Gasteiger partial charge in [-0.25, -0.2) is 9.97 Å². The summed E-state index contributed by atoms with van der Waals surface area (Å²) in [7, 11) is 0. The van der Waals surface area contributed by atoms with E-state index in [-0.39, 0.29) is 17.9 Å². The monoisotopic (exact) mass is 514 g/mol. The molecule has 1 aromatic heterocycles. The van der Waals surface area contributed by atoms with Crippen LogP contribution in [0.2, 0.25) is 0 Å². The topological polar surface area (TPSA) is 129 Å². The van der Waals surface area contributed by atoms with Crippen molar-refractivity contribution < 1.29 is 9.59 Å². The highest BCUT2D eigenvalue weighted by Gasteiger charge is 2.23. The molecule has 198 valence electrons. The predicted octanol–water partition coefficient (Wildman–Crippen LogP) is 2.57. The summed E-state index contributed by atoms with van der Waals surface area (Å²) in [6, 6.07) is 17.1. The smallest absolute Gasteiger partial charge is 0.241 e. The van der Waals surface area contributed by atoms with Crippen LogP contribution in [-0.2, 0) is 9.59 Å². The number of nitrogens with two attached hydrogens (primary N) is 1. The standard InChI is InChI=1S/C28H34N8O2/c1-19(29)27(38)36-17-15-35(16-18-36)23-10-8-22(9-11-23)33-28-31-14-12-24(34-28)20-4-6-21(7-5-20)32-26(37)25-3-2-13-30-25/h4-12,14,19,25,30H,2-3,13,15-18,29H2,1H3,(H,32,37)(H,31,33,34)/t19?,25-/m1/s1. The van der Waals surface area contributed by atoms with E-state index >= 15 is 0 Å². The maximum Gasteiger partial charge on any atom is 0.241 e. The van der Waals surface area contributed by atoms with Crippen LogP contribution in [0.4, 0.5) is 23.0 Å². The first-order valence-electron chi connectivity index (χ1n) is 13.1. The lowest BCUT2D eigenvalue weighted by atomic mass is 10.1. The molecule has 0 spiro atoms. The van der Waals surface area contributed by atoms with Gasteiger partial charge in [0.2, 0.25) is 17.8 Å². The Bertz CT molecular complexity index is 1250. The molecule has 0 saturated carbocycles. The highest BCUT2D eigenvalue weighted by molar-refractivity contribution is 5.95. The molecule has 0 aliphatic carbocycles. The fourth-order valence-corrected chi connectivity index (χ4v) is 4.80. The zero-order chi connectivity index (χ0) is 26.5. The molecule has 2 amide bonds. The highest BCUT2D eigenvalue weighted by Crippen LogP contribution is 2.24. The fourth-order valence-electron chi connectivity index (χ4n) is 4.80. The minimum atomic E-state index is -0.460. The minimum absolute atomic E-state index is 0.00556. The highest BCUT2D eigenvalue weighted by atomic mass is 16.2. The van der Waals surface area contributed by atoms with Crippen molar-refractivity contribution >= 4 is 34.8 Å². The number of benzene rings is 2. The van der Waals surface area contributed by atoms with Crippen LogP contribution in [0.25, 0.3) is 11.3 Å². The molecule has 2 aliphatic heterocycles. The number of hydrogen-bond donors (Lipinski definition) is 4. The van der Waals surface area contributed by atoms with E-state index in [1.807, 2.05) is 47.4 Å². The van der Waals surface area contributed by atoms with Gasteiger partial charge in [-0.15, -0.1) is 0 Å². The summed E-state index contributed by atoms with van der Waals surface area (Å²) in [5, 5.41) is 9.46. The van der Waals surface area contributed by atoms with Crippen molar-refractivity contribution in [1.29, 1.82) is 0 Å². The average molecular weight is 515 g/mol. The Labute approximate surface area is 222 Å². The molecular formula is C28H34N8O2. The summed E-state index contributed by atoms with van der Waals surface area (Å²) in [5.74, 6) is 0.516. The van der Waals surface area contributed by atoms with Crippen LogP contribution in [-0.4, -0.2) is 71.5 Å². The molecule has 0 radical (unpaired) electrons. The van der Waals surface area contributed by atoms with Gasteiger partial charge < -0.3 is 31.5 Å². The van der Waals surface area contributed by atoms with Crippen molar-refractivity contribution in [3.63, 3.8) is 0 Å². The van der Waals surface area contributed by atoms with Crippen LogP contribution < -0.4 is 26.6 Å². The molecule has 2 atom stereocenters. The number of amides is 2. The van der Waals surface area contributed by atoms with Crippen LogP contribution in [0.5, 0.6) is 0 Å². The maximum atomic E-state index is 12.3. The normalized spacial score (nSPS) is 18.2. The SMILES string of the molecule is CC(N)C(=O)N1CCN(c2ccc(Nc3nccc(-c4ccc(NC(=O)[C@H]5CCCN5)cc4)n3)cc2)CC1. The third kappa shape index (κ3) is 6.09. The Morgan fingerprint density at radius 3 is 2.37 bits per heavy atom. The molecule has 5 N–H and O–H groups in total. The van der Waals surface area contributed by atoms with E-state index in [4.69, 9.17) is 5.73 Å². The van der Waals surface area contributed by atoms with Gasteiger partial charge in [-0.05, 0) is 68.8 Å². The van der Waals surface area contributed by atoms with Crippen molar-refractivity contribution in [2.45, 2.75) is 31.8 Å². The molecule has 1 unspecified atom stereocenters. The third-order valence-corrected chi connectivity index (χ3v) is 6.95. The fraction of sp³-hybridized carbons (Fsp3) is 0.357. The van der Waals surface area contributed by atoms with E-state index in [1.54, 1.807) is 13.1 Å². The van der Waals surface area contributed by atoms with E-state index in [0.29, 0.717) is 19.0 Å². The molecule has 38 heavy (non-hydrogen) atoms. The minimum Gasteiger partial charge on any atom is -0.368 e. The predicted molar refractivity (Wildman–Crippen MR) is 149 cm³/mol. The van der Waals surface area contributed by atoms with Crippen LogP contribution in [0.1, 0.15) is 19.8 Å². The van der Waals surface area contributed by atoms with Crippen molar-refractivity contribution in [1.82, 2.24) is 20.2 Å². The third-order valence-electron chi connectivity index (χ3n) is 6.95. The van der Waals surface area contributed by atoms with Gasteiger partial charge in [-0.1, -0.05) is 12.1 Å². The van der Waals surface area contributed by atoms with Crippen LogP contribution in [0.3, 0.4) is 0 Å². The number of nitrogens with zero attached hydrogens (tertiary/aromatic N) is 4. The van der Waals surface area contributed by atoms with E-state index in [2.05, 4.69) is 43.0 Å². The Balaban J connectivity index is 1.17. The first-order valence-corrected chi connectivity index (χ1v) is 13.1. The number of hydrogen-bond acceptors (Lipinski definition) is 8. The van der Waals surface area contributed by atoms with Gasteiger partial charge in [0, 0.05) is 55.0 Å². The number of carbonyl (C=O) groups is 2. The number of anilines is 4. The first-order chi connectivity index (χ1) is 18.5. The number of carbonyl (C=O) groups excluding carboxylic acids is 2. The van der Waals surface area contributed by atoms with Gasteiger partial charge in [0.1, 0.15) is 0 Å². The summed E-state index contributed by atoms with van der Waals surface area (Å²) < 4.78 is 0. The van der Waals surface area contributed by atoms with Crippen molar-refractivity contribution in [2.75, 3.05) is 48.3 Å². The van der Waals surface area contributed by atoms with Gasteiger partial charge in [-0.2, -0.15) is 0 Å². The Hall–Kier alpha value is -4.02. The Morgan fingerprint density at radius 1 is 1.00 bits per heavy atom. The van der Waals surface area contributed by atoms with Crippen LogP contribution >= 0.6 is 0 Å². The van der Waals surface area contributed by atoms with Gasteiger partial charge >= 0.3 is 0 Å². The summed E-state index contributed by atoms with van der Waals surface area (Å²) in [6.45, 7) is 5.51. The molecule has 2 saturated heterocycles. The van der Waals surface area contributed by atoms with Crippen LogP contribution in [0, 0.1) is 0 Å². The summed E-state index contributed by atoms with van der Waals surface area (Å²) >= 11 is 0. The first kappa shape index (κ1) is 25.6. The number of aromatic nitrogens is 2. The molecule has 3 aromatic rings. The van der Waals surface area contributed by atoms with Gasteiger partial charge in [-0.3, -0.25) is 9.59 Å². The van der Waals surface area contributed by atoms with E-state index < -0.39 is 6.04 Å². The zero-order valence-electron chi connectivity index (χ0n) is 21.6. The summed E-state index contributed by atoms with van der Waals surface area (Å²) in [6.07, 6.45) is 3.63. The Morgan fingerprint density at radius 2 is 1.71 bits per heavy atom. The van der Waals surface area contributed by atoms with E-state index in [0.717, 1.165) is 60.8 Å². The maximum absolute atomic E-state index is 12.3. The lowest BCUT2D eigenvalue weighted by Crippen LogP contribution is -2.52. The van der Waals surface area contributed by atoms with Crippen molar-refractivity contribution in [3.05, 3.63) is 60.8 Å². The average Bonchev–Trinajstić information content (AvgIpc) is 3.49. The van der Waals surface area contributed by atoms with E-state index in [1.165, 1.54) is 0 Å². The van der Waals surface area contributed by atoms with Crippen molar-refractivity contribution in [3.8, 4) is 11.3 Å². The second-order valence-electron chi connectivity index (χ2n) is 9.75. The summed E-state index contributed by atoms with van der Waals surface area (Å²) in [5.41, 5.74) is 10.2. The molecule has 2 aliphatic rings. The molecule has 10 nitrogen and oxygen atoms in total. The lowest BCUT2D eigenvalue weighted by Gasteiger charge is -2.36. The number of nitrogens with one attached hydrogen (secondary N) is 3. The van der Waals surface area contributed by atoms with Gasteiger partial charge in [0.15, 0.2) is 0 Å². The molecule has 10 heteroatoms. The Kier molecular flexibility index (Phi) is 7.81. The molecule has 3 heterocycles. The van der Waals surface area contributed by atoms with Crippen molar-refractivity contribution in [2.24, 2.45) is 5.73 Å². The molecule has 2 fully saturated rings. The second-order valence-corrected chi connectivity index (χ2v) is 9.75. The molecule has 5 rings (SSSR count). The second kappa shape index (κ2) is 11.6. The largest absolute Gasteiger partial charge is 0.368 e. The summed E-state index contributed by atoms with van der Waals surface area (Å²) in [4.78, 5) is 37.6. The number of rotatable bonds is 7. The van der Waals surface area contributed by atoms with Crippen LogP contribution in [0.15, 0.2) is 60.8 Å². The van der Waals surface area contributed by atoms with Gasteiger partial charge in [0.25, 0.3) is 0 Å². The lowest BCUT2D eigenvalue weighted by molar-refractivity contribution is -0.132. The molecular weight excluding hydrogens is 480 g/mol. The number of piperazine rings is 1. The van der Waals surface area contributed by atoms with Gasteiger partial charge in [0.05, 0.1) is 17.8 Å². The molecule has 2 aromatic carbocycles. The molecule has 0 bridgehead atoms. The van der Waals surface area contributed by atoms with E-state index in [9.17, 15) is 9.59 Å². The quantitative estimate of drug-likeness (QED) is 0.379. The zero-order valence-corrected chi connectivity index (χ0v) is 21.6.